The Balaban J connectivity index is 2.20. The highest BCUT2D eigenvalue weighted by Gasteiger charge is 2.08. The highest BCUT2D eigenvalue weighted by atomic mass is 16.3. The van der Waals surface area contributed by atoms with Crippen molar-refractivity contribution in [1.29, 1.82) is 0 Å². The van der Waals surface area contributed by atoms with Crippen molar-refractivity contribution in [3.05, 3.63) is 53.1 Å². The molecular formula is C10H8N2O3. The largest absolute Gasteiger partial charge is 0.472 e. The first-order valence-corrected chi connectivity index (χ1v) is 4.34. The molecule has 0 bridgehead atoms. The van der Waals surface area contributed by atoms with Crippen molar-refractivity contribution in [2.24, 2.45) is 0 Å². The van der Waals surface area contributed by atoms with E-state index in [1.807, 2.05) is 0 Å². The van der Waals surface area contributed by atoms with Crippen molar-refractivity contribution < 1.29 is 9.21 Å². The monoisotopic (exact) mass is 204 g/mol. The highest BCUT2D eigenvalue weighted by Crippen LogP contribution is 2.01. The quantitative estimate of drug-likeness (QED) is 0.691. The number of carbonyl (C=O) groups excluding carboxylic acids is 1. The zero-order valence-corrected chi connectivity index (χ0v) is 7.79. The third-order valence-electron chi connectivity index (χ3n) is 1.94. The molecule has 0 saturated heterocycles. The van der Waals surface area contributed by atoms with Crippen LogP contribution in [0.2, 0.25) is 0 Å². The zero-order valence-electron chi connectivity index (χ0n) is 7.79. The molecule has 0 spiro atoms. The van der Waals surface area contributed by atoms with Crippen molar-refractivity contribution >= 4 is 5.78 Å². The van der Waals surface area contributed by atoms with Crippen LogP contribution in [0.25, 0.3) is 0 Å². The average Bonchev–Trinajstić information content (AvgIpc) is 2.74. The molecule has 2 heterocycles. The number of rotatable bonds is 3. The van der Waals surface area contributed by atoms with E-state index in [1.165, 1.54) is 29.5 Å². The van der Waals surface area contributed by atoms with E-state index in [-0.39, 0.29) is 12.3 Å². The summed E-state index contributed by atoms with van der Waals surface area (Å²) in [5.74, 6) is -0.182. The molecule has 0 aliphatic carbocycles. The second-order valence-corrected chi connectivity index (χ2v) is 2.97. The van der Waals surface area contributed by atoms with Crippen molar-refractivity contribution in [1.82, 2.24) is 9.55 Å². The molecule has 0 amide bonds. The molecule has 0 fully saturated rings. The van der Waals surface area contributed by atoms with Gasteiger partial charge in [0.15, 0.2) is 5.78 Å². The van der Waals surface area contributed by atoms with Crippen molar-refractivity contribution in [2.75, 3.05) is 0 Å². The van der Waals surface area contributed by atoms with Crippen LogP contribution < -0.4 is 5.69 Å². The van der Waals surface area contributed by atoms with E-state index in [0.29, 0.717) is 5.56 Å². The molecule has 15 heavy (non-hydrogen) atoms. The van der Waals surface area contributed by atoms with Gasteiger partial charge in [0, 0.05) is 12.4 Å². The maximum atomic E-state index is 11.6. The number of hydrogen-bond donors (Lipinski definition) is 0. The lowest BCUT2D eigenvalue weighted by Crippen LogP contribution is -2.25. The number of hydrogen-bond acceptors (Lipinski definition) is 4. The van der Waals surface area contributed by atoms with Gasteiger partial charge in [-0.1, -0.05) is 0 Å². The topological polar surface area (TPSA) is 65.1 Å². The lowest BCUT2D eigenvalue weighted by Gasteiger charge is -2.00. The van der Waals surface area contributed by atoms with Gasteiger partial charge < -0.3 is 4.42 Å². The molecule has 0 unspecified atom stereocenters. The second kappa shape index (κ2) is 3.91. The Bertz CT molecular complexity index is 513. The minimum Gasteiger partial charge on any atom is -0.472 e. The standard InChI is InChI=1S/C10H8N2O3/c13-9(8-2-5-15-7-8)6-12-4-1-3-11-10(12)14/h1-5,7H,6H2. The predicted octanol–water partition coefficient (Wildman–Crippen LogP) is 0.719. The average molecular weight is 204 g/mol. The van der Waals surface area contributed by atoms with Gasteiger partial charge in [0.1, 0.15) is 6.26 Å². The summed E-state index contributed by atoms with van der Waals surface area (Å²) in [4.78, 5) is 26.3. The van der Waals surface area contributed by atoms with Crippen LogP contribution in [-0.4, -0.2) is 15.3 Å². The fourth-order valence-electron chi connectivity index (χ4n) is 1.18. The zero-order chi connectivity index (χ0) is 10.7. The first kappa shape index (κ1) is 9.39. The third kappa shape index (κ3) is 2.01. The molecular weight excluding hydrogens is 196 g/mol. The molecule has 0 aliphatic heterocycles. The molecule has 0 atom stereocenters. The van der Waals surface area contributed by atoms with Gasteiger partial charge in [-0.25, -0.2) is 9.78 Å². The molecule has 0 N–H and O–H groups in total. The maximum absolute atomic E-state index is 11.6. The smallest absolute Gasteiger partial charge is 0.347 e. The number of aromatic nitrogens is 2. The summed E-state index contributed by atoms with van der Waals surface area (Å²) >= 11 is 0. The van der Waals surface area contributed by atoms with E-state index in [4.69, 9.17) is 4.42 Å². The van der Waals surface area contributed by atoms with Crippen LogP contribution in [-0.2, 0) is 6.54 Å². The number of carbonyl (C=O) groups is 1. The van der Waals surface area contributed by atoms with Crippen molar-refractivity contribution in [3.63, 3.8) is 0 Å². The van der Waals surface area contributed by atoms with Crippen LogP contribution in [0.4, 0.5) is 0 Å². The van der Waals surface area contributed by atoms with Gasteiger partial charge in [-0.15, -0.1) is 0 Å². The van der Waals surface area contributed by atoms with Gasteiger partial charge in [0.2, 0.25) is 0 Å². The summed E-state index contributed by atoms with van der Waals surface area (Å²) in [6, 6.07) is 3.16. The Kier molecular flexibility index (Phi) is 2.45. The summed E-state index contributed by atoms with van der Waals surface area (Å²) in [5.41, 5.74) is 0.0140. The Morgan fingerprint density at radius 3 is 3.07 bits per heavy atom. The first-order chi connectivity index (χ1) is 7.27. The summed E-state index contributed by atoms with van der Waals surface area (Å²) in [5, 5.41) is 0. The molecule has 0 aromatic carbocycles. The number of nitrogens with zero attached hydrogens (tertiary/aromatic N) is 2. The van der Waals surface area contributed by atoms with Crippen LogP contribution >= 0.6 is 0 Å². The Morgan fingerprint density at radius 2 is 2.40 bits per heavy atom. The summed E-state index contributed by atoms with van der Waals surface area (Å²) < 4.78 is 6.03. The van der Waals surface area contributed by atoms with Gasteiger partial charge >= 0.3 is 5.69 Å². The normalized spacial score (nSPS) is 10.1. The Hall–Kier alpha value is -2.17. The van der Waals surface area contributed by atoms with Crippen LogP contribution in [0.15, 0.2) is 46.3 Å². The SMILES string of the molecule is O=C(Cn1cccnc1=O)c1ccoc1. The summed E-state index contributed by atoms with van der Waals surface area (Å²) in [6.07, 6.45) is 5.68. The number of ketones is 1. The molecule has 76 valence electrons. The fraction of sp³-hybridized carbons (Fsp3) is 0.100. The second-order valence-electron chi connectivity index (χ2n) is 2.97. The molecule has 5 heteroatoms. The van der Waals surface area contributed by atoms with Gasteiger partial charge in [0.05, 0.1) is 18.4 Å². The van der Waals surface area contributed by atoms with Gasteiger partial charge in [-0.3, -0.25) is 9.36 Å². The molecule has 2 aromatic heterocycles. The molecule has 2 rings (SSSR count). The van der Waals surface area contributed by atoms with Crippen molar-refractivity contribution in [3.8, 4) is 0 Å². The fourth-order valence-corrected chi connectivity index (χ4v) is 1.18. The Labute approximate surface area is 85.0 Å². The molecule has 0 saturated carbocycles. The van der Waals surface area contributed by atoms with E-state index in [2.05, 4.69) is 4.98 Å². The predicted molar refractivity (Wildman–Crippen MR) is 51.5 cm³/mol. The number of Topliss-reactive ketones (excluding diaryl/α,β-unsaturated/α-hetero) is 1. The molecule has 2 aromatic rings. The summed E-state index contributed by atoms with van der Waals surface area (Å²) in [6.45, 7) is -0.0216. The molecule has 0 radical (unpaired) electrons. The van der Waals surface area contributed by atoms with Crippen molar-refractivity contribution in [2.45, 2.75) is 6.54 Å². The lowest BCUT2D eigenvalue weighted by atomic mass is 10.2. The highest BCUT2D eigenvalue weighted by molar-refractivity contribution is 5.95. The summed E-state index contributed by atoms with van der Waals surface area (Å²) in [7, 11) is 0. The third-order valence-corrected chi connectivity index (χ3v) is 1.94. The van der Waals surface area contributed by atoms with Gasteiger partial charge in [0.25, 0.3) is 0 Å². The molecule has 0 aliphatic rings. The van der Waals surface area contributed by atoms with E-state index in [1.54, 1.807) is 12.1 Å². The maximum Gasteiger partial charge on any atom is 0.347 e. The van der Waals surface area contributed by atoms with Crippen LogP contribution in [0.1, 0.15) is 10.4 Å². The van der Waals surface area contributed by atoms with E-state index in [0.717, 1.165) is 0 Å². The lowest BCUT2D eigenvalue weighted by molar-refractivity contribution is 0.0969. The minimum atomic E-state index is -0.436. The minimum absolute atomic E-state index is 0.0216. The van der Waals surface area contributed by atoms with Crippen LogP contribution in [0.5, 0.6) is 0 Å². The van der Waals surface area contributed by atoms with Gasteiger partial charge in [-0.05, 0) is 12.1 Å². The van der Waals surface area contributed by atoms with E-state index >= 15 is 0 Å². The van der Waals surface area contributed by atoms with Crippen LogP contribution in [0, 0.1) is 0 Å². The van der Waals surface area contributed by atoms with E-state index < -0.39 is 5.69 Å². The molecule has 5 nitrogen and oxygen atoms in total. The number of furan rings is 1. The van der Waals surface area contributed by atoms with Crippen LogP contribution in [0.3, 0.4) is 0 Å². The van der Waals surface area contributed by atoms with Gasteiger partial charge in [-0.2, -0.15) is 0 Å². The van der Waals surface area contributed by atoms with E-state index in [9.17, 15) is 9.59 Å². The Morgan fingerprint density at radius 1 is 1.53 bits per heavy atom. The first-order valence-electron chi connectivity index (χ1n) is 4.34.